The second kappa shape index (κ2) is 6.50. The fourth-order valence-electron chi connectivity index (χ4n) is 2.35. The van der Waals surface area contributed by atoms with Crippen LogP contribution in [0.2, 0.25) is 0 Å². The molecule has 1 unspecified atom stereocenters. The Morgan fingerprint density at radius 3 is 3.00 bits per heavy atom. The van der Waals surface area contributed by atoms with Gasteiger partial charge in [-0.05, 0) is 37.8 Å². The third kappa shape index (κ3) is 3.29. The van der Waals surface area contributed by atoms with Gasteiger partial charge in [0.1, 0.15) is 0 Å². The van der Waals surface area contributed by atoms with Crippen LogP contribution in [0.15, 0.2) is 24.5 Å². The Labute approximate surface area is 108 Å². The Bertz CT molecular complexity index is 381. The SMILES string of the molecule is CCOCC1CCCN(C(=O)c2ccncc2)C1. The summed E-state index contributed by atoms with van der Waals surface area (Å²) >= 11 is 0. The molecule has 18 heavy (non-hydrogen) atoms. The number of carbonyl (C=O) groups excluding carboxylic acids is 1. The van der Waals surface area contributed by atoms with Crippen molar-refractivity contribution in [1.29, 1.82) is 0 Å². The molecule has 98 valence electrons. The van der Waals surface area contributed by atoms with Crippen molar-refractivity contribution in [2.24, 2.45) is 5.92 Å². The lowest BCUT2D eigenvalue weighted by atomic mass is 9.98. The number of hydrogen-bond acceptors (Lipinski definition) is 3. The number of pyridine rings is 1. The summed E-state index contributed by atoms with van der Waals surface area (Å²) in [5.41, 5.74) is 0.724. The minimum Gasteiger partial charge on any atom is -0.381 e. The molecule has 4 nitrogen and oxygen atoms in total. The van der Waals surface area contributed by atoms with Gasteiger partial charge in [-0.1, -0.05) is 0 Å². The molecule has 0 N–H and O–H groups in total. The van der Waals surface area contributed by atoms with E-state index in [1.165, 1.54) is 0 Å². The zero-order chi connectivity index (χ0) is 12.8. The van der Waals surface area contributed by atoms with E-state index >= 15 is 0 Å². The summed E-state index contributed by atoms with van der Waals surface area (Å²) in [5.74, 6) is 0.586. The van der Waals surface area contributed by atoms with Crippen LogP contribution in [0.25, 0.3) is 0 Å². The van der Waals surface area contributed by atoms with Crippen LogP contribution in [-0.2, 0) is 4.74 Å². The van der Waals surface area contributed by atoms with Gasteiger partial charge in [-0.15, -0.1) is 0 Å². The van der Waals surface area contributed by atoms with Gasteiger partial charge in [0, 0.05) is 37.7 Å². The first-order chi connectivity index (χ1) is 8.81. The fraction of sp³-hybridized carbons (Fsp3) is 0.571. The summed E-state index contributed by atoms with van der Waals surface area (Å²) in [4.78, 5) is 18.1. The number of piperidine rings is 1. The Morgan fingerprint density at radius 2 is 2.28 bits per heavy atom. The molecule has 0 aliphatic carbocycles. The molecular weight excluding hydrogens is 228 g/mol. The van der Waals surface area contributed by atoms with Crippen molar-refractivity contribution in [2.45, 2.75) is 19.8 Å². The molecule has 0 saturated carbocycles. The van der Waals surface area contributed by atoms with Crippen LogP contribution in [0.3, 0.4) is 0 Å². The first-order valence-corrected chi connectivity index (χ1v) is 6.58. The van der Waals surface area contributed by atoms with Gasteiger partial charge in [0.25, 0.3) is 5.91 Å². The second-order valence-electron chi connectivity index (χ2n) is 4.65. The first kappa shape index (κ1) is 13.0. The molecule has 4 heteroatoms. The molecular formula is C14H20N2O2. The van der Waals surface area contributed by atoms with Crippen molar-refractivity contribution in [2.75, 3.05) is 26.3 Å². The van der Waals surface area contributed by atoms with E-state index in [2.05, 4.69) is 4.98 Å². The van der Waals surface area contributed by atoms with Crippen molar-refractivity contribution < 1.29 is 9.53 Å². The number of amides is 1. The number of carbonyl (C=O) groups is 1. The molecule has 0 bridgehead atoms. The Kier molecular flexibility index (Phi) is 4.70. The van der Waals surface area contributed by atoms with Crippen LogP contribution in [0.4, 0.5) is 0 Å². The number of likely N-dealkylation sites (tertiary alicyclic amines) is 1. The van der Waals surface area contributed by atoms with Crippen LogP contribution < -0.4 is 0 Å². The molecule has 1 saturated heterocycles. The van der Waals surface area contributed by atoms with E-state index in [0.717, 1.165) is 44.7 Å². The lowest BCUT2D eigenvalue weighted by molar-refractivity contribution is 0.0501. The standard InChI is InChI=1S/C14H20N2O2/c1-2-18-11-12-4-3-9-16(10-12)14(17)13-5-7-15-8-6-13/h5-8,12H,2-4,9-11H2,1H3. The number of hydrogen-bond donors (Lipinski definition) is 0. The highest BCUT2D eigenvalue weighted by Crippen LogP contribution is 2.18. The maximum Gasteiger partial charge on any atom is 0.253 e. The lowest BCUT2D eigenvalue weighted by Gasteiger charge is -2.32. The van der Waals surface area contributed by atoms with Gasteiger partial charge in [-0.2, -0.15) is 0 Å². The smallest absolute Gasteiger partial charge is 0.253 e. The average molecular weight is 248 g/mol. The number of ether oxygens (including phenoxy) is 1. The zero-order valence-electron chi connectivity index (χ0n) is 10.8. The van der Waals surface area contributed by atoms with Crippen molar-refractivity contribution in [3.8, 4) is 0 Å². The van der Waals surface area contributed by atoms with Crippen molar-refractivity contribution >= 4 is 5.91 Å². The van der Waals surface area contributed by atoms with Crippen LogP contribution in [0, 0.1) is 5.92 Å². The first-order valence-electron chi connectivity index (χ1n) is 6.58. The summed E-state index contributed by atoms with van der Waals surface area (Å²) in [6, 6.07) is 3.54. The highest BCUT2D eigenvalue weighted by atomic mass is 16.5. The summed E-state index contributed by atoms with van der Waals surface area (Å²) in [6.07, 6.45) is 5.54. The zero-order valence-corrected chi connectivity index (χ0v) is 10.8. The number of nitrogens with zero attached hydrogens (tertiary/aromatic N) is 2. The van der Waals surface area contributed by atoms with Gasteiger partial charge in [-0.25, -0.2) is 0 Å². The quantitative estimate of drug-likeness (QED) is 0.818. The summed E-state index contributed by atoms with van der Waals surface area (Å²) in [7, 11) is 0. The highest BCUT2D eigenvalue weighted by molar-refractivity contribution is 5.94. The van der Waals surface area contributed by atoms with Gasteiger partial charge in [0.15, 0.2) is 0 Å². The largest absolute Gasteiger partial charge is 0.381 e. The summed E-state index contributed by atoms with van der Waals surface area (Å²) < 4.78 is 5.46. The predicted octanol–water partition coefficient (Wildman–Crippen LogP) is 1.97. The molecule has 2 rings (SSSR count). The molecule has 1 amide bonds. The number of rotatable bonds is 4. The third-order valence-corrected chi connectivity index (χ3v) is 3.29. The molecule has 0 spiro atoms. The van der Waals surface area contributed by atoms with Crippen LogP contribution in [-0.4, -0.2) is 42.1 Å². The van der Waals surface area contributed by atoms with E-state index < -0.39 is 0 Å². The van der Waals surface area contributed by atoms with E-state index in [9.17, 15) is 4.79 Å². The summed E-state index contributed by atoms with van der Waals surface area (Å²) in [6.45, 7) is 5.17. The molecule has 1 aromatic rings. The Morgan fingerprint density at radius 1 is 1.50 bits per heavy atom. The summed E-state index contributed by atoms with van der Waals surface area (Å²) in [5, 5.41) is 0. The molecule has 1 fully saturated rings. The minimum absolute atomic E-state index is 0.110. The van der Waals surface area contributed by atoms with E-state index in [4.69, 9.17) is 4.74 Å². The van der Waals surface area contributed by atoms with E-state index in [-0.39, 0.29) is 5.91 Å². The van der Waals surface area contributed by atoms with Gasteiger partial charge in [-0.3, -0.25) is 9.78 Å². The lowest BCUT2D eigenvalue weighted by Crippen LogP contribution is -2.41. The number of aromatic nitrogens is 1. The molecule has 0 aromatic carbocycles. The van der Waals surface area contributed by atoms with Crippen LogP contribution in [0.1, 0.15) is 30.1 Å². The molecule has 2 heterocycles. The van der Waals surface area contributed by atoms with Crippen LogP contribution in [0.5, 0.6) is 0 Å². The average Bonchev–Trinajstić information content (AvgIpc) is 2.45. The van der Waals surface area contributed by atoms with Gasteiger partial charge in [0.2, 0.25) is 0 Å². The van der Waals surface area contributed by atoms with E-state index in [1.54, 1.807) is 24.5 Å². The normalized spacial score (nSPS) is 19.8. The molecule has 1 aromatic heterocycles. The maximum absolute atomic E-state index is 12.3. The Balaban J connectivity index is 1.94. The highest BCUT2D eigenvalue weighted by Gasteiger charge is 2.24. The molecule has 1 atom stereocenters. The van der Waals surface area contributed by atoms with Gasteiger partial charge < -0.3 is 9.64 Å². The monoisotopic (exact) mass is 248 g/mol. The maximum atomic E-state index is 12.3. The molecule has 1 aliphatic rings. The van der Waals surface area contributed by atoms with Crippen molar-refractivity contribution in [3.05, 3.63) is 30.1 Å². The second-order valence-corrected chi connectivity index (χ2v) is 4.65. The van der Waals surface area contributed by atoms with Gasteiger partial charge in [0.05, 0.1) is 6.61 Å². The van der Waals surface area contributed by atoms with Crippen LogP contribution >= 0.6 is 0 Å². The van der Waals surface area contributed by atoms with Crippen molar-refractivity contribution in [1.82, 2.24) is 9.88 Å². The fourth-order valence-corrected chi connectivity index (χ4v) is 2.35. The Hall–Kier alpha value is -1.42. The van der Waals surface area contributed by atoms with E-state index in [0.29, 0.717) is 5.92 Å². The molecule has 0 radical (unpaired) electrons. The topological polar surface area (TPSA) is 42.4 Å². The third-order valence-electron chi connectivity index (χ3n) is 3.29. The predicted molar refractivity (Wildman–Crippen MR) is 69.4 cm³/mol. The van der Waals surface area contributed by atoms with Gasteiger partial charge >= 0.3 is 0 Å². The van der Waals surface area contributed by atoms with Crippen molar-refractivity contribution in [3.63, 3.8) is 0 Å². The minimum atomic E-state index is 0.110. The van der Waals surface area contributed by atoms with E-state index in [1.807, 2.05) is 11.8 Å². The molecule has 1 aliphatic heterocycles.